The zero-order valence-electron chi connectivity index (χ0n) is 15.2. The average molecular weight is 363 g/mol. The number of hydrogen-bond acceptors (Lipinski definition) is 6. The molecule has 3 aromatic heterocycles. The lowest BCUT2D eigenvalue weighted by Gasteiger charge is -2.22. The number of amides is 1. The number of nitrogens with zero attached hydrogens (tertiary/aromatic N) is 7. The van der Waals surface area contributed by atoms with Gasteiger partial charge in [0, 0.05) is 50.3 Å². The molecule has 1 aliphatic heterocycles. The van der Waals surface area contributed by atoms with Crippen LogP contribution >= 0.6 is 0 Å². The number of carbonyl (C=O) groups excluding carboxylic acids is 1. The Balaban J connectivity index is 1.47. The normalized spacial score (nSPS) is 14.9. The monoisotopic (exact) mass is 363 g/mol. The van der Waals surface area contributed by atoms with Gasteiger partial charge in [-0.05, 0) is 43.7 Å². The standard InChI is InChI=1S/C19H21N7O/c1-15-4-5-17(23-22-15)24-9-3-10-25(13-12-24)19(27)16-6-8-20-18(14-16)26-11-2-7-21-26/h2,4-8,11,14H,3,9-10,12-13H2,1H3. The minimum absolute atomic E-state index is 0.0163. The van der Waals surface area contributed by atoms with Crippen molar-refractivity contribution >= 4 is 11.7 Å². The zero-order chi connectivity index (χ0) is 18.6. The van der Waals surface area contributed by atoms with Gasteiger partial charge in [-0.15, -0.1) is 5.10 Å². The Bertz CT molecular complexity index is 908. The summed E-state index contributed by atoms with van der Waals surface area (Å²) in [7, 11) is 0. The number of aromatic nitrogens is 5. The molecule has 0 aromatic carbocycles. The van der Waals surface area contributed by atoms with E-state index in [9.17, 15) is 4.79 Å². The molecule has 27 heavy (non-hydrogen) atoms. The van der Waals surface area contributed by atoms with E-state index in [-0.39, 0.29) is 5.91 Å². The van der Waals surface area contributed by atoms with Gasteiger partial charge in [0.25, 0.3) is 5.91 Å². The second kappa shape index (κ2) is 7.53. The first-order valence-electron chi connectivity index (χ1n) is 9.01. The Morgan fingerprint density at radius 1 is 1.00 bits per heavy atom. The lowest BCUT2D eigenvalue weighted by molar-refractivity contribution is 0.0767. The summed E-state index contributed by atoms with van der Waals surface area (Å²) in [6.45, 7) is 4.88. The molecule has 0 atom stereocenters. The van der Waals surface area contributed by atoms with Crippen LogP contribution in [0.1, 0.15) is 22.5 Å². The van der Waals surface area contributed by atoms with Gasteiger partial charge >= 0.3 is 0 Å². The second-order valence-corrected chi connectivity index (χ2v) is 6.52. The summed E-state index contributed by atoms with van der Waals surface area (Å²) >= 11 is 0. The molecule has 0 spiro atoms. The van der Waals surface area contributed by atoms with Crippen molar-refractivity contribution in [3.63, 3.8) is 0 Å². The summed E-state index contributed by atoms with van der Waals surface area (Å²) in [5, 5.41) is 12.6. The first-order valence-corrected chi connectivity index (χ1v) is 9.01. The lowest BCUT2D eigenvalue weighted by atomic mass is 10.2. The molecule has 0 N–H and O–H groups in total. The molecule has 3 aromatic rings. The van der Waals surface area contributed by atoms with E-state index >= 15 is 0 Å². The van der Waals surface area contributed by atoms with E-state index in [4.69, 9.17) is 0 Å². The fourth-order valence-corrected chi connectivity index (χ4v) is 3.17. The van der Waals surface area contributed by atoms with E-state index in [1.165, 1.54) is 0 Å². The van der Waals surface area contributed by atoms with Crippen molar-refractivity contribution in [1.29, 1.82) is 0 Å². The summed E-state index contributed by atoms with van der Waals surface area (Å²) in [5.41, 5.74) is 1.52. The van der Waals surface area contributed by atoms with Gasteiger partial charge in [-0.1, -0.05) is 0 Å². The molecule has 1 aliphatic rings. The highest BCUT2D eigenvalue weighted by Gasteiger charge is 2.21. The Labute approximate surface area is 157 Å². The number of rotatable bonds is 3. The highest BCUT2D eigenvalue weighted by atomic mass is 16.2. The molecule has 1 saturated heterocycles. The minimum Gasteiger partial charge on any atom is -0.353 e. The van der Waals surface area contributed by atoms with Crippen LogP contribution in [0.25, 0.3) is 5.82 Å². The van der Waals surface area contributed by atoms with E-state index in [1.54, 1.807) is 29.2 Å². The largest absolute Gasteiger partial charge is 0.353 e. The Kier molecular flexibility index (Phi) is 4.78. The van der Waals surface area contributed by atoms with Crippen LogP contribution in [0.15, 0.2) is 48.9 Å². The Morgan fingerprint density at radius 2 is 1.93 bits per heavy atom. The third-order valence-electron chi connectivity index (χ3n) is 4.62. The number of aryl methyl sites for hydroxylation is 1. The molecule has 0 saturated carbocycles. The van der Waals surface area contributed by atoms with Crippen LogP contribution in [0.5, 0.6) is 0 Å². The molecule has 4 rings (SSSR count). The van der Waals surface area contributed by atoms with Crippen LogP contribution < -0.4 is 4.90 Å². The summed E-state index contributed by atoms with van der Waals surface area (Å²) in [5.74, 6) is 1.51. The molecule has 4 heterocycles. The fourth-order valence-electron chi connectivity index (χ4n) is 3.17. The third kappa shape index (κ3) is 3.79. The first-order chi connectivity index (χ1) is 13.2. The van der Waals surface area contributed by atoms with Gasteiger partial charge < -0.3 is 9.80 Å². The lowest BCUT2D eigenvalue weighted by Crippen LogP contribution is -2.35. The van der Waals surface area contributed by atoms with E-state index in [2.05, 4.69) is 25.2 Å². The van der Waals surface area contributed by atoms with Crippen LogP contribution in [0, 0.1) is 6.92 Å². The molecule has 8 heteroatoms. The van der Waals surface area contributed by atoms with E-state index < -0.39 is 0 Å². The second-order valence-electron chi connectivity index (χ2n) is 6.52. The summed E-state index contributed by atoms with van der Waals surface area (Å²) in [6.07, 6.45) is 6.03. The van der Waals surface area contributed by atoms with Crippen molar-refractivity contribution in [2.45, 2.75) is 13.3 Å². The summed E-state index contributed by atoms with van der Waals surface area (Å²) < 4.78 is 1.65. The quantitative estimate of drug-likeness (QED) is 0.705. The molecule has 0 bridgehead atoms. The maximum absolute atomic E-state index is 13.0. The highest BCUT2D eigenvalue weighted by molar-refractivity contribution is 5.94. The van der Waals surface area contributed by atoms with Crippen molar-refractivity contribution in [1.82, 2.24) is 29.9 Å². The first kappa shape index (κ1) is 17.1. The van der Waals surface area contributed by atoms with Crippen molar-refractivity contribution < 1.29 is 4.79 Å². The van der Waals surface area contributed by atoms with Crippen LogP contribution in [-0.2, 0) is 0 Å². The van der Waals surface area contributed by atoms with Crippen molar-refractivity contribution in [3.05, 3.63) is 60.2 Å². The summed E-state index contributed by atoms with van der Waals surface area (Å²) in [6, 6.07) is 9.31. The van der Waals surface area contributed by atoms with Crippen molar-refractivity contribution in [2.75, 3.05) is 31.1 Å². The van der Waals surface area contributed by atoms with Crippen molar-refractivity contribution in [2.24, 2.45) is 0 Å². The Morgan fingerprint density at radius 3 is 2.70 bits per heavy atom. The Hall–Kier alpha value is -3.29. The van der Waals surface area contributed by atoms with Crippen LogP contribution in [0.3, 0.4) is 0 Å². The van der Waals surface area contributed by atoms with Gasteiger partial charge in [-0.2, -0.15) is 10.2 Å². The van der Waals surface area contributed by atoms with Gasteiger partial charge in [0.2, 0.25) is 0 Å². The molecular formula is C19H21N7O. The number of anilines is 1. The number of carbonyl (C=O) groups is 1. The maximum atomic E-state index is 13.0. The van der Waals surface area contributed by atoms with Crippen LogP contribution in [0.4, 0.5) is 5.82 Å². The molecule has 0 aliphatic carbocycles. The minimum atomic E-state index is 0.0163. The van der Waals surface area contributed by atoms with Crippen LogP contribution in [-0.4, -0.2) is 61.9 Å². The molecular weight excluding hydrogens is 342 g/mol. The predicted octanol–water partition coefficient (Wildman–Crippen LogP) is 1.72. The van der Waals surface area contributed by atoms with E-state index in [0.717, 1.165) is 31.0 Å². The molecule has 138 valence electrons. The maximum Gasteiger partial charge on any atom is 0.254 e. The average Bonchev–Trinajstić information content (AvgIpc) is 3.13. The van der Waals surface area contributed by atoms with Crippen LogP contribution in [0.2, 0.25) is 0 Å². The number of pyridine rings is 1. The molecule has 1 amide bonds. The topological polar surface area (TPSA) is 80.0 Å². The predicted molar refractivity (Wildman–Crippen MR) is 101 cm³/mol. The van der Waals surface area contributed by atoms with Gasteiger partial charge in [-0.3, -0.25) is 4.79 Å². The smallest absolute Gasteiger partial charge is 0.254 e. The van der Waals surface area contributed by atoms with Crippen molar-refractivity contribution in [3.8, 4) is 5.82 Å². The third-order valence-corrected chi connectivity index (χ3v) is 4.62. The van der Waals surface area contributed by atoms with E-state index in [1.807, 2.05) is 36.2 Å². The number of hydrogen-bond donors (Lipinski definition) is 0. The molecule has 0 unspecified atom stereocenters. The van der Waals surface area contributed by atoms with Gasteiger partial charge in [0.1, 0.15) is 0 Å². The van der Waals surface area contributed by atoms with Gasteiger partial charge in [-0.25, -0.2) is 9.67 Å². The summed E-state index contributed by atoms with van der Waals surface area (Å²) in [4.78, 5) is 21.4. The van der Waals surface area contributed by atoms with Gasteiger partial charge in [0.05, 0.1) is 5.69 Å². The zero-order valence-corrected chi connectivity index (χ0v) is 15.2. The fraction of sp³-hybridized carbons (Fsp3) is 0.316. The van der Waals surface area contributed by atoms with Gasteiger partial charge in [0.15, 0.2) is 11.6 Å². The highest BCUT2D eigenvalue weighted by Crippen LogP contribution is 2.15. The van der Waals surface area contributed by atoms with E-state index in [0.29, 0.717) is 24.5 Å². The SMILES string of the molecule is Cc1ccc(N2CCCN(C(=O)c3ccnc(-n4cccn4)c3)CC2)nn1. The molecule has 8 nitrogen and oxygen atoms in total. The molecule has 0 radical (unpaired) electrons. The molecule has 1 fully saturated rings.